The first-order valence-corrected chi connectivity index (χ1v) is 8.46. The zero-order chi connectivity index (χ0) is 15.3. The molecule has 1 aromatic rings. The van der Waals surface area contributed by atoms with Crippen molar-refractivity contribution < 1.29 is 0 Å². The molecule has 1 aliphatic heterocycles. The quantitative estimate of drug-likeness (QED) is 0.770. The van der Waals surface area contributed by atoms with E-state index in [2.05, 4.69) is 62.2 Å². The van der Waals surface area contributed by atoms with Crippen molar-refractivity contribution in [2.45, 2.75) is 47.1 Å². The van der Waals surface area contributed by atoms with Gasteiger partial charge in [0.2, 0.25) is 0 Å². The van der Waals surface area contributed by atoms with Gasteiger partial charge < -0.3 is 5.32 Å². The van der Waals surface area contributed by atoms with Crippen LogP contribution in [0.3, 0.4) is 0 Å². The minimum atomic E-state index is 0.494. The van der Waals surface area contributed by atoms with Gasteiger partial charge >= 0.3 is 0 Å². The Bertz CT molecular complexity index is 437. The Morgan fingerprint density at radius 2 is 1.90 bits per heavy atom. The summed E-state index contributed by atoms with van der Waals surface area (Å²) in [4.78, 5) is 2.61. The molecular formula is C19H32N2. The van der Waals surface area contributed by atoms with Gasteiger partial charge in [-0.2, -0.15) is 0 Å². The van der Waals surface area contributed by atoms with Crippen LogP contribution < -0.4 is 5.32 Å². The predicted octanol–water partition coefficient (Wildman–Crippen LogP) is 3.71. The molecule has 1 fully saturated rings. The Hall–Kier alpha value is -0.860. The van der Waals surface area contributed by atoms with E-state index in [0.717, 1.165) is 32.0 Å². The summed E-state index contributed by atoms with van der Waals surface area (Å²) >= 11 is 0. The van der Waals surface area contributed by atoms with Gasteiger partial charge in [0, 0.05) is 13.1 Å². The SMILES string of the molecule is CC(C)CNCCc1ccccc1CN1CCC(C)(C)C1. The molecule has 1 heterocycles. The van der Waals surface area contributed by atoms with Crippen LogP contribution in [0.1, 0.15) is 45.2 Å². The second-order valence-corrected chi connectivity index (χ2v) is 7.74. The molecule has 0 bridgehead atoms. The first kappa shape index (κ1) is 16.5. The highest BCUT2D eigenvalue weighted by Gasteiger charge is 2.29. The number of nitrogens with one attached hydrogen (secondary N) is 1. The van der Waals surface area contributed by atoms with Gasteiger partial charge in [0.15, 0.2) is 0 Å². The largest absolute Gasteiger partial charge is 0.316 e. The first-order chi connectivity index (χ1) is 9.96. The van der Waals surface area contributed by atoms with Crippen LogP contribution >= 0.6 is 0 Å². The standard InChI is InChI=1S/C19H32N2/c1-16(2)13-20-11-9-17-7-5-6-8-18(17)14-21-12-10-19(3,4)15-21/h5-8,16,20H,9-15H2,1-4H3. The molecule has 0 unspecified atom stereocenters. The summed E-state index contributed by atoms with van der Waals surface area (Å²) < 4.78 is 0. The molecule has 1 saturated heterocycles. The van der Waals surface area contributed by atoms with Crippen LogP contribution in [0.25, 0.3) is 0 Å². The maximum atomic E-state index is 3.55. The number of hydrogen-bond acceptors (Lipinski definition) is 2. The van der Waals surface area contributed by atoms with E-state index in [9.17, 15) is 0 Å². The monoisotopic (exact) mass is 288 g/mol. The van der Waals surface area contributed by atoms with Gasteiger partial charge in [0.1, 0.15) is 0 Å². The Morgan fingerprint density at radius 1 is 1.19 bits per heavy atom. The van der Waals surface area contributed by atoms with Crippen molar-refractivity contribution in [2.24, 2.45) is 11.3 Å². The third-order valence-corrected chi connectivity index (χ3v) is 4.39. The molecule has 2 nitrogen and oxygen atoms in total. The van der Waals surface area contributed by atoms with Gasteiger partial charge in [0.05, 0.1) is 0 Å². The molecule has 0 amide bonds. The van der Waals surface area contributed by atoms with Crippen LogP contribution in [0, 0.1) is 11.3 Å². The van der Waals surface area contributed by atoms with Crippen molar-refractivity contribution in [3.63, 3.8) is 0 Å². The van der Waals surface area contributed by atoms with Crippen molar-refractivity contribution in [2.75, 3.05) is 26.2 Å². The lowest BCUT2D eigenvalue weighted by atomic mass is 9.93. The van der Waals surface area contributed by atoms with Crippen molar-refractivity contribution in [1.29, 1.82) is 0 Å². The minimum Gasteiger partial charge on any atom is -0.316 e. The Kier molecular flexibility index (Phi) is 5.83. The van der Waals surface area contributed by atoms with Crippen LogP contribution in [0.15, 0.2) is 24.3 Å². The maximum Gasteiger partial charge on any atom is 0.0236 e. The molecule has 0 spiro atoms. The molecule has 118 valence electrons. The van der Waals surface area contributed by atoms with E-state index < -0.39 is 0 Å². The molecule has 1 aromatic carbocycles. The maximum absolute atomic E-state index is 3.55. The molecule has 1 N–H and O–H groups in total. The van der Waals surface area contributed by atoms with Crippen LogP contribution in [0.5, 0.6) is 0 Å². The molecular weight excluding hydrogens is 256 g/mol. The smallest absolute Gasteiger partial charge is 0.0236 e. The van der Waals surface area contributed by atoms with Gasteiger partial charge in [-0.05, 0) is 54.9 Å². The van der Waals surface area contributed by atoms with Crippen molar-refractivity contribution in [3.8, 4) is 0 Å². The third-order valence-electron chi connectivity index (χ3n) is 4.39. The summed E-state index contributed by atoms with van der Waals surface area (Å²) in [5, 5.41) is 3.55. The van der Waals surface area contributed by atoms with E-state index in [1.54, 1.807) is 0 Å². The number of likely N-dealkylation sites (tertiary alicyclic amines) is 1. The highest BCUT2D eigenvalue weighted by atomic mass is 15.1. The molecule has 0 atom stereocenters. The lowest BCUT2D eigenvalue weighted by Crippen LogP contribution is -2.25. The Morgan fingerprint density at radius 3 is 2.52 bits per heavy atom. The third kappa shape index (κ3) is 5.44. The second-order valence-electron chi connectivity index (χ2n) is 7.74. The number of benzene rings is 1. The lowest BCUT2D eigenvalue weighted by Gasteiger charge is -2.21. The van der Waals surface area contributed by atoms with Crippen LogP contribution in [0.2, 0.25) is 0 Å². The van der Waals surface area contributed by atoms with Gasteiger partial charge in [-0.15, -0.1) is 0 Å². The average molecular weight is 288 g/mol. The van der Waals surface area contributed by atoms with E-state index in [1.165, 1.54) is 30.6 Å². The summed E-state index contributed by atoms with van der Waals surface area (Å²) in [6.45, 7) is 15.1. The van der Waals surface area contributed by atoms with Gasteiger partial charge in [0.25, 0.3) is 0 Å². The summed E-state index contributed by atoms with van der Waals surface area (Å²) in [6.07, 6.45) is 2.46. The minimum absolute atomic E-state index is 0.494. The highest BCUT2D eigenvalue weighted by molar-refractivity contribution is 5.27. The van der Waals surface area contributed by atoms with Gasteiger partial charge in [-0.25, -0.2) is 0 Å². The predicted molar refractivity (Wildman–Crippen MR) is 91.5 cm³/mol. The van der Waals surface area contributed by atoms with E-state index in [0.29, 0.717) is 5.41 Å². The molecule has 21 heavy (non-hydrogen) atoms. The summed E-state index contributed by atoms with van der Waals surface area (Å²) in [7, 11) is 0. The van der Waals surface area contributed by atoms with E-state index in [-0.39, 0.29) is 0 Å². The van der Waals surface area contributed by atoms with Crippen LogP contribution in [-0.2, 0) is 13.0 Å². The number of hydrogen-bond donors (Lipinski definition) is 1. The van der Waals surface area contributed by atoms with Gasteiger partial charge in [-0.1, -0.05) is 52.0 Å². The topological polar surface area (TPSA) is 15.3 Å². The Labute approximate surface area is 130 Å². The molecule has 0 aromatic heterocycles. The number of nitrogens with zero attached hydrogens (tertiary/aromatic N) is 1. The van der Waals surface area contributed by atoms with E-state index >= 15 is 0 Å². The molecule has 0 radical (unpaired) electrons. The second kappa shape index (κ2) is 7.42. The molecule has 0 saturated carbocycles. The molecule has 1 aliphatic rings. The number of rotatable bonds is 7. The normalized spacial score (nSPS) is 18.5. The van der Waals surface area contributed by atoms with E-state index in [1.807, 2.05) is 0 Å². The van der Waals surface area contributed by atoms with Crippen molar-refractivity contribution >= 4 is 0 Å². The van der Waals surface area contributed by atoms with Crippen molar-refractivity contribution in [1.82, 2.24) is 10.2 Å². The van der Waals surface area contributed by atoms with E-state index in [4.69, 9.17) is 0 Å². The summed E-state index contributed by atoms with van der Waals surface area (Å²) in [5.74, 6) is 0.729. The average Bonchev–Trinajstić information content (AvgIpc) is 2.75. The fraction of sp³-hybridized carbons (Fsp3) is 0.684. The fourth-order valence-electron chi connectivity index (χ4n) is 3.17. The van der Waals surface area contributed by atoms with Crippen LogP contribution in [0.4, 0.5) is 0 Å². The molecule has 2 rings (SSSR count). The zero-order valence-electron chi connectivity index (χ0n) is 14.3. The zero-order valence-corrected chi connectivity index (χ0v) is 14.3. The highest BCUT2D eigenvalue weighted by Crippen LogP contribution is 2.30. The fourth-order valence-corrected chi connectivity index (χ4v) is 3.17. The Balaban J connectivity index is 1.88. The molecule has 2 heteroatoms. The lowest BCUT2D eigenvalue weighted by molar-refractivity contribution is 0.283. The van der Waals surface area contributed by atoms with Crippen LogP contribution in [-0.4, -0.2) is 31.1 Å². The summed E-state index contributed by atoms with van der Waals surface area (Å²) in [6, 6.07) is 8.97. The first-order valence-electron chi connectivity index (χ1n) is 8.46. The summed E-state index contributed by atoms with van der Waals surface area (Å²) in [5.41, 5.74) is 3.52. The molecule has 0 aliphatic carbocycles. The van der Waals surface area contributed by atoms with Crippen molar-refractivity contribution in [3.05, 3.63) is 35.4 Å². The van der Waals surface area contributed by atoms with Gasteiger partial charge in [-0.3, -0.25) is 4.90 Å².